The molecule has 15 aromatic heterocycles. The third-order valence-corrected chi connectivity index (χ3v) is 34.8. The standard InChI is InChI=1S/3C44H24N4S/c1-2-11-26(12-3-1)47-36-19-8-4-13-28(36)30-16-10-15-27(41(30)47)25-21-22-37-32(23-25)39-42-33(24-31-29-14-5-9-20-38(29)49-43(31)39)40-44(48(37)42)46-35-18-7-6-17-34(35)45-40;1-2-10-27(11-3-1)47-36-16-8-4-12-28(36)29-20-18-26(23-38(29)47)25-19-21-37-32(22-25)40-42-33(24-31-30-13-5-9-17-39(30)49-43(31)40)41-44(48(37)42)46-35-15-7-6-14-34(35)45-41;1-2-10-27(11-3-1)47-36-16-8-4-12-28(36)30-22-25(18-20-37(30)47)26-19-21-38-32(23-26)40-42-33(24-31-29-13-5-9-17-39(29)49-43(31)40)41-44(48(38)42)46-35-15-7-6-14-34(35)45-41/h3*1-24H. The second-order valence-corrected chi connectivity index (χ2v) is 42.1. The van der Waals surface area contributed by atoms with Gasteiger partial charge < -0.3 is 13.7 Å². The zero-order chi connectivity index (χ0) is 95.4. The SMILES string of the molecule is c1ccc(-n2c3ccccc3c3cc(-c4ccc5c(c4)c4c6sc7ccccc7c6cc6c7nc8ccccc8nc7n5c64)ccc32)cc1.c1ccc(-n2c3ccccc3c3ccc(-c4ccc5c(c4)c4c6sc7ccccc7c6cc6c7nc8ccccc8nc7n5c64)cc32)cc1.c1ccc(-n2c3ccccc3c3cccc(-c4ccc5c(c4)c4c6sc7ccccc7c6cc6c7nc8ccccc8nc7n5c64)c32)cc1. The van der Waals surface area contributed by atoms with Crippen LogP contribution < -0.4 is 0 Å². The minimum absolute atomic E-state index is 0.911. The summed E-state index contributed by atoms with van der Waals surface area (Å²) in [6.45, 7) is 0. The van der Waals surface area contributed by atoms with Crippen molar-refractivity contribution in [3.05, 3.63) is 437 Å². The highest BCUT2D eigenvalue weighted by atomic mass is 32.1. The molecule has 21 aromatic carbocycles. The average molecular weight is 1920 g/mol. The van der Waals surface area contributed by atoms with Crippen LogP contribution in [0.2, 0.25) is 0 Å². The highest BCUT2D eigenvalue weighted by molar-refractivity contribution is 7.28. The Morgan fingerprint density at radius 2 is 0.456 bits per heavy atom. The first kappa shape index (κ1) is 79.7. The number of nitrogens with zero attached hydrogens (tertiary/aromatic N) is 12. The normalized spacial score (nSPS) is 12.5. The number of para-hydroxylation sites is 13. The molecule has 0 spiro atoms. The zero-order valence-electron chi connectivity index (χ0n) is 78.2. The first-order valence-electron chi connectivity index (χ1n) is 49.8. The molecular formula is C132H72N12S3. The van der Waals surface area contributed by atoms with Crippen molar-refractivity contribution in [3.63, 3.8) is 0 Å². The van der Waals surface area contributed by atoms with Crippen LogP contribution in [0.3, 0.4) is 0 Å². The van der Waals surface area contributed by atoms with Gasteiger partial charge in [-0.2, -0.15) is 0 Å². The second-order valence-electron chi connectivity index (χ2n) is 39.0. The molecule has 147 heavy (non-hydrogen) atoms. The van der Waals surface area contributed by atoms with Crippen molar-refractivity contribution in [3.8, 4) is 50.4 Å². The van der Waals surface area contributed by atoms with Gasteiger partial charge in [0.05, 0.1) is 99.3 Å². The minimum Gasteiger partial charge on any atom is -0.309 e. The minimum atomic E-state index is 0.911. The molecule has 15 heteroatoms. The van der Waals surface area contributed by atoms with E-state index in [-0.39, 0.29) is 0 Å². The number of benzene rings is 21. The van der Waals surface area contributed by atoms with Gasteiger partial charge in [-0.05, 0) is 210 Å². The molecule has 678 valence electrons. The Morgan fingerprint density at radius 1 is 0.163 bits per heavy atom. The number of fused-ring (bicyclic) bond motifs is 42. The van der Waals surface area contributed by atoms with E-state index in [1.54, 1.807) is 0 Å². The van der Waals surface area contributed by atoms with Gasteiger partial charge in [-0.1, -0.05) is 255 Å². The van der Waals surface area contributed by atoms with Crippen molar-refractivity contribution in [2.75, 3.05) is 0 Å². The monoisotopic (exact) mass is 1920 g/mol. The lowest BCUT2D eigenvalue weighted by Crippen LogP contribution is -1.95. The van der Waals surface area contributed by atoms with Gasteiger partial charge in [0, 0.05) is 164 Å². The fourth-order valence-corrected chi connectivity index (χ4v) is 28.7. The summed E-state index contributed by atoms with van der Waals surface area (Å²) in [7, 11) is 0. The zero-order valence-corrected chi connectivity index (χ0v) is 80.6. The summed E-state index contributed by atoms with van der Waals surface area (Å²) in [6, 6.07) is 158. The number of hydrogen-bond donors (Lipinski definition) is 0. The molecule has 36 rings (SSSR count). The van der Waals surface area contributed by atoms with Crippen molar-refractivity contribution in [1.29, 1.82) is 0 Å². The van der Waals surface area contributed by atoms with Crippen LogP contribution in [0.1, 0.15) is 0 Å². The molecule has 0 amide bonds. The maximum atomic E-state index is 5.25. The molecule has 0 saturated heterocycles. The van der Waals surface area contributed by atoms with Crippen molar-refractivity contribution >= 4 is 308 Å². The van der Waals surface area contributed by atoms with Gasteiger partial charge in [-0.15, -0.1) is 34.0 Å². The molecule has 12 nitrogen and oxygen atoms in total. The molecule has 0 unspecified atom stereocenters. The quantitative estimate of drug-likeness (QED) is 0.164. The van der Waals surface area contributed by atoms with Gasteiger partial charge in [0.1, 0.15) is 16.6 Å². The maximum Gasteiger partial charge on any atom is 0.165 e. The summed E-state index contributed by atoms with van der Waals surface area (Å²) in [5.74, 6) is 0. The van der Waals surface area contributed by atoms with Crippen molar-refractivity contribution in [1.82, 2.24) is 56.8 Å². The largest absolute Gasteiger partial charge is 0.309 e. The Bertz CT molecular complexity index is 12100. The van der Waals surface area contributed by atoms with Crippen LogP contribution in [0.4, 0.5) is 0 Å². The molecule has 0 aliphatic heterocycles. The molecule has 0 saturated carbocycles. The summed E-state index contributed by atoms with van der Waals surface area (Å²) < 4.78 is 22.1. The van der Waals surface area contributed by atoms with Crippen LogP contribution in [-0.4, -0.2) is 56.8 Å². The first-order chi connectivity index (χ1) is 72.9. The van der Waals surface area contributed by atoms with Crippen molar-refractivity contribution in [2.24, 2.45) is 0 Å². The molecule has 0 fully saturated rings. The second kappa shape index (κ2) is 29.9. The average Bonchev–Trinajstić information content (AvgIpc) is 1.52. The Labute approximate surface area is 845 Å². The van der Waals surface area contributed by atoms with Crippen LogP contribution in [0, 0.1) is 0 Å². The van der Waals surface area contributed by atoms with E-state index in [4.69, 9.17) is 29.9 Å². The Kier molecular flexibility index (Phi) is 16.2. The third-order valence-electron chi connectivity index (χ3n) is 31.2. The molecule has 0 aliphatic rings. The predicted molar refractivity (Wildman–Crippen MR) is 621 cm³/mol. The lowest BCUT2D eigenvalue weighted by atomic mass is 9.99. The van der Waals surface area contributed by atoms with E-state index in [2.05, 4.69) is 427 Å². The summed E-state index contributed by atoms with van der Waals surface area (Å²) in [6.07, 6.45) is 0. The van der Waals surface area contributed by atoms with Gasteiger partial charge >= 0.3 is 0 Å². The Balaban J connectivity index is 0.0000000945. The van der Waals surface area contributed by atoms with Crippen molar-refractivity contribution in [2.45, 2.75) is 0 Å². The van der Waals surface area contributed by atoms with E-state index in [1.807, 2.05) is 70.4 Å². The topological polar surface area (TPSA) is 105 Å². The summed E-state index contributed by atoms with van der Waals surface area (Å²) in [5, 5.41) is 26.3. The fraction of sp³-hybridized carbons (Fsp3) is 0. The number of rotatable bonds is 6. The van der Waals surface area contributed by atoms with Gasteiger partial charge in [0.25, 0.3) is 0 Å². The van der Waals surface area contributed by atoms with E-state index < -0.39 is 0 Å². The lowest BCUT2D eigenvalue weighted by Gasteiger charge is -2.12. The molecule has 0 atom stereocenters. The first-order valence-corrected chi connectivity index (χ1v) is 52.2. The maximum absolute atomic E-state index is 5.25. The Morgan fingerprint density at radius 3 is 0.884 bits per heavy atom. The predicted octanol–water partition coefficient (Wildman–Crippen LogP) is 35.7. The van der Waals surface area contributed by atoms with E-state index in [0.29, 0.717) is 0 Å². The molecule has 15 heterocycles. The molecule has 0 aliphatic carbocycles. The summed E-state index contributed by atoms with van der Waals surface area (Å²) >= 11 is 5.66. The van der Waals surface area contributed by atoms with Crippen LogP contribution >= 0.6 is 34.0 Å². The molecule has 0 bridgehead atoms. The highest BCUT2D eigenvalue weighted by Crippen LogP contribution is 2.54. The lowest BCUT2D eigenvalue weighted by molar-refractivity contribution is 1.18. The van der Waals surface area contributed by atoms with E-state index in [9.17, 15) is 0 Å². The van der Waals surface area contributed by atoms with Gasteiger partial charge in [0.15, 0.2) is 16.9 Å². The van der Waals surface area contributed by atoms with Gasteiger partial charge in [-0.3, -0.25) is 13.2 Å². The third kappa shape index (κ3) is 11.1. The molecule has 0 N–H and O–H groups in total. The van der Waals surface area contributed by atoms with Crippen LogP contribution in [-0.2, 0) is 0 Å². The number of aromatic nitrogens is 12. The van der Waals surface area contributed by atoms with Gasteiger partial charge in [0.2, 0.25) is 0 Å². The number of thiophene rings is 3. The number of hydrogen-bond acceptors (Lipinski definition) is 9. The summed E-state index contributed by atoms with van der Waals surface area (Å²) in [5.41, 5.74) is 36.2. The van der Waals surface area contributed by atoms with Crippen LogP contribution in [0.15, 0.2) is 437 Å². The molecule has 36 aromatic rings. The van der Waals surface area contributed by atoms with Crippen LogP contribution in [0.5, 0.6) is 0 Å². The smallest absolute Gasteiger partial charge is 0.165 e. The van der Waals surface area contributed by atoms with Gasteiger partial charge in [-0.25, -0.2) is 29.9 Å². The fourth-order valence-electron chi connectivity index (χ4n) is 25.0. The van der Waals surface area contributed by atoms with E-state index in [0.717, 1.165) is 105 Å². The van der Waals surface area contributed by atoms with E-state index >= 15 is 0 Å². The van der Waals surface area contributed by atoms with Crippen LogP contribution in [0.25, 0.3) is 325 Å². The van der Waals surface area contributed by atoms with E-state index in [1.165, 1.54) is 220 Å². The molecule has 0 radical (unpaired) electrons. The highest BCUT2D eigenvalue weighted by Gasteiger charge is 2.31. The van der Waals surface area contributed by atoms with Crippen molar-refractivity contribution < 1.29 is 0 Å². The Hall–Kier alpha value is -18.9. The summed E-state index contributed by atoms with van der Waals surface area (Å²) in [4.78, 5) is 31.3. The molecular weight excluding hydrogens is 1850 g/mol.